The summed E-state index contributed by atoms with van der Waals surface area (Å²) in [7, 11) is 0. The van der Waals surface area contributed by atoms with E-state index in [4.69, 9.17) is 16.3 Å². The molecule has 0 amide bonds. The van der Waals surface area contributed by atoms with Crippen LogP contribution in [0.3, 0.4) is 0 Å². The molecule has 0 aromatic heterocycles. The van der Waals surface area contributed by atoms with Crippen LogP contribution in [-0.2, 0) is 9.53 Å². The first-order chi connectivity index (χ1) is 8.16. The molecule has 0 radical (unpaired) electrons. The SMILES string of the molecule is CCCCCCCCCCCC(Cl)OC(C)=O.[H-].[Na+]. The summed E-state index contributed by atoms with van der Waals surface area (Å²) in [4.78, 5) is 10.6. The molecule has 0 bridgehead atoms. The van der Waals surface area contributed by atoms with Crippen molar-refractivity contribution >= 4 is 17.6 Å². The molecule has 0 rings (SSSR count). The molecule has 0 aliphatic carbocycles. The van der Waals surface area contributed by atoms with Crippen LogP contribution in [0, 0.1) is 0 Å². The molecule has 0 N–H and O–H groups in total. The Labute approximate surface area is 141 Å². The molecule has 0 aliphatic heterocycles. The topological polar surface area (TPSA) is 26.3 Å². The zero-order valence-corrected chi connectivity index (χ0v) is 15.1. The van der Waals surface area contributed by atoms with Gasteiger partial charge in [0.25, 0.3) is 0 Å². The Hall–Kier alpha value is 0.760. The molecule has 18 heavy (non-hydrogen) atoms. The summed E-state index contributed by atoms with van der Waals surface area (Å²) in [5, 5.41) is 0. The molecule has 0 saturated carbocycles. The van der Waals surface area contributed by atoms with Gasteiger partial charge in [-0.05, 0) is 12.8 Å². The van der Waals surface area contributed by atoms with Crippen LogP contribution < -0.4 is 29.6 Å². The quantitative estimate of drug-likeness (QED) is 0.252. The number of ether oxygens (including phenoxy) is 1. The first-order valence-corrected chi connectivity index (χ1v) is 7.41. The number of hydrogen-bond donors (Lipinski definition) is 0. The van der Waals surface area contributed by atoms with E-state index < -0.39 is 5.56 Å². The molecular weight excluding hydrogens is 259 g/mol. The average Bonchev–Trinajstić information content (AvgIpc) is 2.26. The fraction of sp³-hybridized carbons (Fsp3) is 0.929. The minimum atomic E-state index is -0.433. The van der Waals surface area contributed by atoms with Gasteiger partial charge in [0, 0.05) is 6.92 Å². The Morgan fingerprint density at radius 3 is 1.94 bits per heavy atom. The normalized spacial score (nSPS) is 11.7. The third kappa shape index (κ3) is 16.8. The van der Waals surface area contributed by atoms with Gasteiger partial charge in [-0.3, -0.25) is 4.79 Å². The van der Waals surface area contributed by atoms with Crippen LogP contribution in [0.25, 0.3) is 0 Å². The zero-order chi connectivity index (χ0) is 12.9. The number of halogens is 1. The van der Waals surface area contributed by atoms with Crippen molar-refractivity contribution in [1.29, 1.82) is 0 Å². The fourth-order valence-electron chi connectivity index (χ4n) is 1.85. The van der Waals surface area contributed by atoms with Gasteiger partial charge in [0.2, 0.25) is 0 Å². The van der Waals surface area contributed by atoms with Crippen molar-refractivity contribution < 1.29 is 40.5 Å². The van der Waals surface area contributed by atoms with Crippen molar-refractivity contribution in [2.75, 3.05) is 0 Å². The van der Waals surface area contributed by atoms with Crippen LogP contribution >= 0.6 is 11.6 Å². The minimum absolute atomic E-state index is 0. The second-order valence-electron chi connectivity index (χ2n) is 4.64. The molecule has 4 heteroatoms. The molecule has 0 heterocycles. The van der Waals surface area contributed by atoms with Crippen LogP contribution in [0.4, 0.5) is 0 Å². The summed E-state index contributed by atoms with van der Waals surface area (Å²) < 4.78 is 4.85. The van der Waals surface area contributed by atoms with Gasteiger partial charge in [0.1, 0.15) is 0 Å². The molecule has 0 aliphatic rings. The standard InChI is InChI=1S/C14H27ClO2.Na.H/c1-3-4-5-6-7-8-9-10-11-12-14(15)17-13(2)16;;/h14H,3-12H2,1-2H3;;/q;+1;-1. The zero-order valence-electron chi connectivity index (χ0n) is 13.3. The predicted octanol–water partition coefficient (Wildman–Crippen LogP) is 2.15. The first-order valence-electron chi connectivity index (χ1n) is 6.98. The molecular formula is C14H28ClNaO2. The van der Waals surface area contributed by atoms with E-state index in [2.05, 4.69) is 6.92 Å². The Balaban J connectivity index is -0.00000128. The third-order valence-corrected chi connectivity index (χ3v) is 3.14. The second kappa shape index (κ2) is 15.8. The summed E-state index contributed by atoms with van der Waals surface area (Å²) in [5.41, 5.74) is -0.433. The number of carbonyl (C=O) groups excluding carboxylic acids is 1. The number of unbranched alkanes of at least 4 members (excludes halogenated alkanes) is 8. The van der Waals surface area contributed by atoms with Crippen LogP contribution in [0.2, 0.25) is 0 Å². The summed E-state index contributed by atoms with van der Waals surface area (Å²) in [5.74, 6) is -0.291. The largest absolute Gasteiger partial charge is 1.00 e. The van der Waals surface area contributed by atoms with E-state index in [1.165, 1.54) is 58.3 Å². The predicted molar refractivity (Wildman–Crippen MR) is 74.4 cm³/mol. The molecule has 0 spiro atoms. The average molecular weight is 287 g/mol. The maximum atomic E-state index is 10.6. The molecule has 0 aromatic carbocycles. The fourth-order valence-corrected chi connectivity index (χ4v) is 2.13. The van der Waals surface area contributed by atoms with Gasteiger partial charge in [-0.15, -0.1) is 0 Å². The molecule has 1 unspecified atom stereocenters. The van der Waals surface area contributed by atoms with Crippen molar-refractivity contribution in [3.05, 3.63) is 0 Å². The maximum absolute atomic E-state index is 10.6. The number of alkyl halides is 1. The Morgan fingerprint density at radius 2 is 1.50 bits per heavy atom. The summed E-state index contributed by atoms with van der Waals surface area (Å²) >= 11 is 5.83. The number of hydrogen-bond acceptors (Lipinski definition) is 2. The van der Waals surface area contributed by atoms with Crippen LogP contribution in [0.1, 0.15) is 79.5 Å². The van der Waals surface area contributed by atoms with Crippen molar-refractivity contribution in [2.24, 2.45) is 0 Å². The maximum Gasteiger partial charge on any atom is 1.00 e. The monoisotopic (exact) mass is 286 g/mol. The van der Waals surface area contributed by atoms with Crippen LogP contribution in [0.15, 0.2) is 0 Å². The van der Waals surface area contributed by atoms with E-state index in [9.17, 15) is 4.79 Å². The van der Waals surface area contributed by atoms with Crippen molar-refractivity contribution in [3.63, 3.8) is 0 Å². The second-order valence-corrected chi connectivity index (χ2v) is 5.12. The van der Waals surface area contributed by atoms with E-state index >= 15 is 0 Å². The van der Waals surface area contributed by atoms with E-state index in [0.29, 0.717) is 0 Å². The molecule has 0 aromatic rings. The summed E-state index contributed by atoms with van der Waals surface area (Å²) in [6.07, 6.45) is 12.4. The van der Waals surface area contributed by atoms with Gasteiger partial charge in [0.05, 0.1) is 0 Å². The van der Waals surface area contributed by atoms with Gasteiger partial charge in [-0.25, -0.2) is 0 Å². The van der Waals surface area contributed by atoms with Crippen molar-refractivity contribution in [2.45, 2.75) is 83.6 Å². The van der Waals surface area contributed by atoms with Gasteiger partial charge in [-0.2, -0.15) is 0 Å². The molecule has 104 valence electrons. The molecule has 1 atom stereocenters. The summed E-state index contributed by atoms with van der Waals surface area (Å²) in [6.45, 7) is 3.64. The van der Waals surface area contributed by atoms with Gasteiger partial charge in [-0.1, -0.05) is 69.9 Å². The van der Waals surface area contributed by atoms with Crippen molar-refractivity contribution in [3.8, 4) is 0 Å². The summed E-state index contributed by atoms with van der Waals surface area (Å²) in [6, 6.07) is 0. The Bertz CT molecular complexity index is 194. The molecule has 0 fully saturated rings. The van der Waals surface area contributed by atoms with Gasteiger partial charge in [0.15, 0.2) is 5.56 Å². The third-order valence-electron chi connectivity index (χ3n) is 2.83. The van der Waals surface area contributed by atoms with E-state index in [1.807, 2.05) is 0 Å². The Kier molecular flexibility index (Phi) is 18.5. The van der Waals surface area contributed by atoms with E-state index in [-0.39, 0.29) is 37.0 Å². The number of esters is 1. The van der Waals surface area contributed by atoms with Crippen LogP contribution in [-0.4, -0.2) is 11.5 Å². The van der Waals surface area contributed by atoms with Gasteiger partial charge >= 0.3 is 35.5 Å². The number of carbonyl (C=O) groups is 1. The first kappa shape index (κ1) is 21.1. The van der Waals surface area contributed by atoms with E-state index in [0.717, 1.165) is 12.8 Å². The molecule has 0 saturated heterocycles. The van der Waals surface area contributed by atoms with Crippen molar-refractivity contribution in [1.82, 2.24) is 0 Å². The van der Waals surface area contributed by atoms with Gasteiger partial charge < -0.3 is 6.16 Å². The smallest absolute Gasteiger partial charge is 1.00 e. The van der Waals surface area contributed by atoms with Crippen LogP contribution in [0.5, 0.6) is 0 Å². The Morgan fingerprint density at radius 1 is 1.06 bits per heavy atom. The minimum Gasteiger partial charge on any atom is -1.00 e. The molecule has 2 nitrogen and oxygen atoms in total. The van der Waals surface area contributed by atoms with E-state index in [1.54, 1.807) is 0 Å². The number of rotatable bonds is 11.